The molecule has 0 radical (unpaired) electrons. The van der Waals surface area contributed by atoms with Gasteiger partial charge in [-0.05, 0) is 18.1 Å². The Bertz CT molecular complexity index is 1060. The molecule has 2 amide bonds. The molecule has 1 aliphatic heterocycles. The van der Waals surface area contributed by atoms with E-state index in [2.05, 4.69) is 33.1 Å². The summed E-state index contributed by atoms with van der Waals surface area (Å²) in [4.78, 5) is 30.9. The van der Waals surface area contributed by atoms with E-state index >= 15 is 0 Å². The molecule has 154 valence electrons. The number of thioether (sulfide) groups is 1. The number of hydrogen-bond donors (Lipinski definition) is 1. The number of amides is 2. The van der Waals surface area contributed by atoms with Crippen molar-refractivity contribution < 1.29 is 9.59 Å². The lowest BCUT2D eigenvalue weighted by Gasteiger charge is -2.17. The van der Waals surface area contributed by atoms with E-state index in [0.717, 1.165) is 12.1 Å². The maximum atomic E-state index is 12.8. The molecule has 3 aromatic rings. The van der Waals surface area contributed by atoms with Crippen LogP contribution in [-0.4, -0.2) is 43.9 Å². The zero-order valence-electron chi connectivity index (χ0n) is 16.2. The van der Waals surface area contributed by atoms with Crippen LogP contribution in [0.4, 0.5) is 10.8 Å². The topological polar surface area (TPSA) is 93.0 Å². The second-order valence-electron chi connectivity index (χ2n) is 6.57. The second-order valence-corrected chi connectivity index (χ2v) is 8.41. The van der Waals surface area contributed by atoms with Crippen LogP contribution in [0.2, 0.25) is 0 Å². The van der Waals surface area contributed by atoms with Crippen LogP contribution in [0.25, 0.3) is 0 Å². The molecule has 1 N–H and O–H groups in total. The highest BCUT2D eigenvalue weighted by molar-refractivity contribution is 7.99. The highest BCUT2D eigenvalue weighted by Crippen LogP contribution is 2.28. The van der Waals surface area contributed by atoms with Crippen LogP contribution in [0.15, 0.2) is 53.7 Å². The first-order chi connectivity index (χ1) is 14.7. The predicted octanol–water partition coefficient (Wildman–Crippen LogP) is 2.78. The van der Waals surface area contributed by atoms with Crippen LogP contribution in [0.1, 0.15) is 11.4 Å². The molecule has 1 aliphatic rings. The summed E-state index contributed by atoms with van der Waals surface area (Å²) < 4.78 is 1.81. The number of aromatic nitrogens is 4. The van der Waals surface area contributed by atoms with E-state index in [4.69, 9.17) is 0 Å². The van der Waals surface area contributed by atoms with Crippen molar-refractivity contribution in [3.63, 3.8) is 0 Å². The summed E-state index contributed by atoms with van der Waals surface area (Å²) in [5, 5.41) is 14.0. The predicted molar refractivity (Wildman–Crippen MR) is 118 cm³/mol. The van der Waals surface area contributed by atoms with Gasteiger partial charge in [-0.3, -0.25) is 9.59 Å². The molecule has 0 fully saturated rings. The number of thiazole rings is 1. The van der Waals surface area contributed by atoms with Crippen molar-refractivity contribution in [2.24, 2.45) is 0 Å². The van der Waals surface area contributed by atoms with Crippen LogP contribution in [0.5, 0.6) is 0 Å². The molecule has 1 aromatic carbocycles. The van der Waals surface area contributed by atoms with Gasteiger partial charge in [0.2, 0.25) is 11.8 Å². The molecule has 0 atom stereocenters. The summed E-state index contributed by atoms with van der Waals surface area (Å²) in [6.07, 6.45) is 4.28. The van der Waals surface area contributed by atoms with Crippen LogP contribution in [0.3, 0.4) is 0 Å². The van der Waals surface area contributed by atoms with Crippen molar-refractivity contribution in [2.45, 2.75) is 24.5 Å². The molecule has 4 rings (SSSR count). The van der Waals surface area contributed by atoms with Gasteiger partial charge in [0.15, 0.2) is 10.3 Å². The number of carbonyl (C=O) groups is 2. The Morgan fingerprint density at radius 3 is 2.97 bits per heavy atom. The molecular weight excluding hydrogens is 420 g/mol. The van der Waals surface area contributed by atoms with Crippen molar-refractivity contribution in [1.29, 1.82) is 0 Å². The molecule has 10 heteroatoms. The number of hydrogen-bond acceptors (Lipinski definition) is 7. The fourth-order valence-electron chi connectivity index (χ4n) is 3.26. The monoisotopic (exact) mass is 440 g/mol. The first kappa shape index (κ1) is 20.3. The fourth-order valence-corrected chi connectivity index (χ4v) is 4.65. The summed E-state index contributed by atoms with van der Waals surface area (Å²) in [7, 11) is 0. The van der Waals surface area contributed by atoms with Gasteiger partial charge in [0.25, 0.3) is 0 Å². The van der Waals surface area contributed by atoms with Crippen molar-refractivity contribution >= 4 is 45.7 Å². The van der Waals surface area contributed by atoms with Crippen molar-refractivity contribution in [1.82, 2.24) is 19.7 Å². The Labute approximate surface area is 182 Å². The van der Waals surface area contributed by atoms with E-state index in [1.54, 1.807) is 17.7 Å². The number of fused-ring (bicyclic) bond motifs is 1. The number of para-hydroxylation sites is 1. The minimum atomic E-state index is -0.219. The molecule has 0 saturated heterocycles. The van der Waals surface area contributed by atoms with Crippen LogP contribution in [0, 0.1) is 0 Å². The van der Waals surface area contributed by atoms with Gasteiger partial charge >= 0.3 is 0 Å². The molecule has 8 nitrogen and oxygen atoms in total. The number of nitrogens with one attached hydrogen (secondary N) is 1. The molecule has 30 heavy (non-hydrogen) atoms. The minimum Gasteiger partial charge on any atom is -0.311 e. The SMILES string of the molecule is C=CCn1c(CC(=O)Nc2nccs2)nnc1SCC(=O)N1CCc2ccccc21. The maximum absolute atomic E-state index is 12.8. The van der Waals surface area contributed by atoms with E-state index in [1.807, 2.05) is 27.7 Å². The van der Waals surface area contributed by atoms with E-state index < -0.39 is 0 Å². The second kappa shape index (κ2) is 9.23. The lowest BCUT2D eigenvalue weighted by atomic mass is 10.2. The van der Waals surface area contributed by atoms with Crippen molar-refractivity contribution in [3.05, 3.63) is 59.9 Å². The van der Waals surface area contributed by atoms with Gasteiger partial charge in [-0.25, -0.2) is 4.98 Å². The first-order valence-electron chi connectivity index (χ1n) is 9.39. The summed E-state index contributed by atoms with van der Waals surface area (Å²) in [5.41, 5.74) is 2.18. The zero-order chi connectivity index (χ0) is 20.9. The van der Waals surface area contributed by atoms with Crippen molar-refractivity contribution in [2.75, 3.05) is 22.5 Å². The molecule has 0 aliphatic carbocycles. The Morgan fingerprint density at radius 1 is 1.30 bits per heavy atom. The van der Waals surface area contributed by atoms with Gasteiger partial charge < -0.3 is 14.8 Å². The smallest absolute Gasteiger partial charge is 0.237 e. The van der Waals surface area contributed by atoms with E-state index in [-0.39, 0.29) is 24.0 Å². The van der Waals surface area contributed by atoms with E-state index in [1.165, 1.54) is 28.7 Å². The van der Waals surface area contributed by atoms with E-state index in [0.29, 0.717) is 29.2 Å². The zero-order valence-corrected chi connectivity index (χ0v) is 17.8. The summed E-state index contributed by atoms with van der Waals surface area (Å²) >= 11 is 2.67. The van der Waals surface area contributed by atoms with Gasteiger partial charge in [0.1, 0.15) is 5.82 Å². The Balaban J connectivity index is 1.41. The average molecular weight is 441 g/mol. The Hall–Kier alpha value is -2.98. The quantitative estimate of drug-likeness (QED) is 0.428. The number of nitrogens with zero attached hydrogens (tertiary/aromatic N) is 5. The molecule has 3 heterocycles. The third-order valence-electron chi connectivity index (χ3n) is 4.62. The van der Waals surface area contributed by atoms with Gasteiger partial charge in [-0.2, -0.15) is 0 Å². The number of allylic oxidation sites excluding steroid dienone is 1. The summed E-state index contributed by atoms with van der Waals surface area (Å²) in [6.45, 7) is 4.92. The van der Waals surface area contributed by atoms with Gasteiger partial charge in [-0.15, -0.1) is 28.1 Å². The molecular formula is C20H20N6O2S2. The third-order valence-corrected chi connectivity index (χ3v) is 6.26. The van der Waals surface area contributed by atoms with Gasteiger partial charge in [0, 0.05) is 30.4 Å². The third kappa shape index (κ3) is 4.44. The highest BCUT2D eigenvalue weighted by atomic mass is 32.2. The van der Waals surface area contributed by atoms with Crippen LogP contribution < -0.4 is 10.2 Å². The fraction of sp³-hybridized carbons (Fsp3) is 0.250. The number of carbonyl (C=O) groups excluding carboxylic acids is 2. The van der Waals surface area contributed by atoms with Gasteiger partial charge in [-0.1, -0.05) is 36.0 Å². The van der Waals surface area contributed by atoms with Crippen LogP contribution >= 0.6 is 23.1 Å². The van der Waals surface area contributed by atoms with Crippen molar-refractivity contribution in [3.8, 4) is 0 Å². The normalized spacial score (nSPS) is 12.6. The lowest BCUT2D eigenvalue weighted by molar-refractivity contribution is -0.116. The molecule has 0 saturated carbocycles. The maximum Gasteiger partial charge on any atom is 0.237 e. The average Bonchev–Trinajstić information content (AvgIpc) is 3.48. The molecule has 0 spiro atoms. The number of benzene rings is 1. The highest BCUT2D eigenvalue weighted by Gasteiger charge is 2.25. The number of rotatable bonds is 8. The first-order valence-corrected chi connectivity index (χ1v) is 11.3. The summed E-state index contributed by atoms with van der Waals surface area (Å²) in [5.74, 6) is 0.574. The standard InChI is InChI=1S/C20H20N6O2S2/c1-2-9-26-16(12-17(27)22-19-21-8-11-29-19)23-24-20(26)30-13-18(28)25-10-7-14-5-3-4-6-15(14)25/h2-6,8,11H,1,7,9-10,12-13H2,(H,21,22,27). The number of anilines is 2. The Kier molecular flexibility index (Phi) is 6.24. The van der Waals surface area contributed by atoms with Crippen LogP contribution in [-0.2, 0) is 29.0 Å². The Morgan fingerprint density at radius 2 is 2.17 bits per heavy atom. The van der Waals surface area contributed by atoms with Gasteiger partial charge in [0.05, 0.1) is 12.2 Å². The minimum absolute atomic E-state index is 0.0289. The molecule has 0 unspecified atom stereocenters. The largest absolute Gasteiger partial charge is 0.311 e. The molecule has 0 bridgehead atoms. The molecule has 2 aromatic heterocycles. The van der Waals surface area contributed by atoms with E-state index in [9.17, 15) is 9.59 Å². The lowest BCUT2D eigenvalue weighted by Crippen LogP contribution is -2.30. The summed E-state index contributed by atoms with van der Waals surface area (Å²) in [6, 6.07) is 7.97.